The first-order chi connectivity index (χ1) is 6.33. The molecule has 0 heterocycles. The van der Waals surface area contributed by atoms with Crippen molar-refractivity contribution in [3.63, 3.8) is 0 Å². The van der Waals surface area contributed by atoms with Gasteiger partial charge in [-0.25, -0.2) is 0 Å². The molecule has 0 aliphatic heterocycles. The van der Waals surface area contributed by atoms with Gasteiger partial charge in [-0.3, -0.25) is 0 Å². The summed E-state index contributed by atoms with van der Waals surface area (Å²) in [4.78, 5) is 3.97. The molecule has 1 aromatic rings. The average Bonchev–Trinajstić information content (AvgIpc) is 2.15. The van der Waals surface area contributed by atoms with Crippen LogP contribution in [0.4, 0.5) is 11.4 Å². The van der Waals surface area contributed by atoms with Crippen LogP contribution >= 0.6 is 0 Å². The molecule has 3 heteroatoms. The van der Waals surface area contributed by atoms with Crippen molar-refractivity contribution in [3.05, 3.63) is 29.1 Å². The van der Waals surface area contributed by atoms with Crippen molar-refractivity contribution < 1.29 is 0 Å². The third-order valence-corrected chi connectivity index (χ3v) is 1.55. The van der Waals surface area contributed by atoms with Gasteiger partial charge in [0.05, 0.1) is 0 Å². The van der Waals surface area contributed by atoms with Crippen molar-refractivity contribution in [2.24, 2.45) is 0 Å². The molecule has 1 aromatic carbocycles. The standard InChI is InChI=1S/C10H14N3/c1-2-12-7-8-13-10-5-3-9(11)4-6-10/h3-6,13H,2,8,11H2,1H3/q+1. The summed E-state index contributed by atoms with van der Waals surface area (Å²) in [5.41, 5.74) is 7.35. The Kier molecular flexibility index (Phi) is 3.65. The Morgan fingerprint density at radius 2 is 2.08 bits per heavy atom. The maximum Gasteiger partial charge on any atom is 0.294 e. The molecule has 0 amide bonds. The molecule has 0 aromatic heterocycles. The fraction of sp³-hybridized carbons (Fsp3) is 0.300. The normalized spacial score (nSPS) is 8.69. The van der Waals surface area contributed by atoms with Crippen LogP contribution in [0.3, 0.4) is 0 Å². The van der Waals surface area contributed by atoms with E-state index in [2.05, 4.69) is 16.2 Å². The predicted molar refractivity (Wildman–Crippen MR) is 57.1 cm³/mol. The summed E-state index contributed by atoms with van der Waals surface area (Å²) in [5.74, 6) is 0. The molecule has 0 bridgehead atoms. The Hall–Kier alpha value is -1.69. The smallest absolute Gasteiger partial charge is 0.294 e. The first-order valence-corrected chi connectivity index (χ1v) is 4.31. The average molecular weight is 176 g/mol. The van der Waals surface area contributed by atoms with Gasteiger partial charge >= 0.3 is 0 Å². The molecule has 0 aliphatic carbocycles. The summed E-state index contributed by atoms with van der Waals surface area (Å²) in [6.45, 7) is 3.40. The molecule has 0 saturated heterocycles. The summed E-state index contributed by atoms with van der Waals surface area (Å²) in [5, 5.41) is 3.15. The molecule has 0 saturated carbocycles. The van der Waals surface area contributed by atoms with Crippen molar-refractivity contribution in [3.8, 4) is 6.07 Å². The fourth-order valence-electron chi connectivity index (χ4n) is 0.910. The minimum absolute atomic E-state index is 0.637. The van der Waals surface area contributed by atoms with Crippen molar-refractivity contribution in [2.45, 2.75) is 6.92 Å². The molecular formula is C10H14N3+. The molecule has 0 atom stereocenters. The van der Waals surface area contributed by atoms with Crippen LogP contribution in [-0.2, 0) is 0 Å². The molecule has 0 fully saturated rings. The SMILES string of the molecule is CC[N+]#CCNc1ccc(N)cc1. The number of hydrogen-bond donors (Lipinski definition) is 2. The molecule has 13 heavy (non-hydrogen) atoms. The molecule has 0 unspecified atom stereocenters. The highest BCUT2D eigenvalue weighted by Gasteiger charge is 1.90. The Morgan fingerprint density at radius 3 is 2.69 bits per heavy atom. The van der Waals surface area contributed by atoms with Gasteiger partial charge in [0.2, 0.25) is 0 Å². The lowest BCUT2D eigenvalue weighted by Gasteiger charge is -1.99. The van der Waals surface area contributed by atoms with Gasteiger partial charge in [0.15, 0.2) is 0 Å². The highest BCUT2D eigenvalue weighted by molar-refractivity contribution is 5.51. The lowest BCUT2D eigenvalue weighted by atomic mass is 10.3. The van der Waals surface area contributed by atoms with Crippen LogP contribution in [0.5, 0.6) is 0 Å². The third kappa shape index (κ3) is 3.48. The summed E-state index contributed by atoms with van der Waals surface area (Å²) in [6.07, 6.45) is 0. The predicted octanol–water partition coefficient (Wildman–Crippen LogP) is 2.03. The van der Waals surface area contributed by atoms with Gasteiger partial charge in [0, 0.05) is 18.3 Å². The van der Waals surface area contributed by atoms with Crippen molar-refractivity contribution >= 4 is 11.4 Å². The lowest BCUT2D eigenvalue weighted by molar-refractivity contribution is 1.31. The van der Waals surface area contributed by atoms with Gasteiger partial charge in [0.25, 0.3) is 12.6 Å². The number of nitrogen functional groups attached to an aromatic ring is 1. The molecule has 68 valence electrons. The molecule has 0 spiro atoms. The summed E-state index contributed by atoms with van der Waals surface area (Å²) >= 11 is 0. The van der Waals surface area contributed by atoms with E-state index in [-0.39, 0.29) is 0 Å². The van der Waals surface area contributed by atoms with E-state index in [1.807, 2.05) is 31.2 Å². The van der Waals surface area contributed by atoms with Crippen LogP contribution in [-0.4, -0.2) is 13.1 Å². The van der Waals surface area contributed by atoms with Crippen LogP contribution in [0.2, 0.25) is 0 Å². The zero-order valence-electron chi connectivity index (χ0n) is 7.75. The topological polar surface area (TPSA) is 42.4 Å². The first-order valence-electron chi connectivity index (χ1n) is 4.31. The van der Waals surface area contributed by atoms with E-state index in [9.17, 15) is 0 Å². The van der Waals surface area contributed by atoms with Gasteiger partial charge in [-0.15, -0.1) is 0 Å². The highest BCUT2D eigenvalue weighted by atomic mass is 14.9. The lowest BCUT2D eigenvalue weighted by Crippen LogP contribution is -1.98. The number of nitrogens with two attached hydrogens (primary N) is 1. The Morgan fingerprint density at radius 1 is 1.38 bits per heavy atom. The zero-order chi connectivity index (χ0) is 9.52. The fourth-order valence-corrected chi connectivity index (χ4v) is 0.910. The third-order valence-electron chi connectivity index (χ3n) is 1.55. The van der Waals surface area contributed by atoms with Crippen molar-refractivity contribution in [1.82, 2.24) is 0 Å². The minimum Gasteiger partial charge on any atom is -0.399 e. The first kappa shape index (κ1) is 9.40. The number of nitrogens with one attached hydrogen (secondary N) is 1. The molecule has 0 aliphatic rings. The van der Waals surface area contributed by atoms with E-state index in [4.69, 9.17) is 5.73 Å². The minimum atomic E-state index is 0.637. The Bertz CT molecular complexity index is 305. The van der Waals surface area contributed by atoms with Crippen molar-refractivity contribution in [2.75, 3.05) is 24.1 Å². The van der Waals surface area contributed by atoms with Gasteiger partial charge in [-0.05, 0) is 24.3 Å². The van der Waals surface area contributed by atoms with Crippen LogP contribution < -0.4 is 11.1 Å². The molecule has 1 rings (SSSR count). The van der Waals surface area contributed by atoms with Crippen LogP contribution in [0, 0.1) is 6.07 Å². The summed E-state index contributed by atoms with van der Waals surface area (Å²) < 4.78 is 0. The van der Waals surface area contributed by atoms with E-state index in [1.54, 1.807) is 0 Å². The molecule has 3 nitrogen and oxygen atoms in total. The number of anilines is 2. The second kappa shape index (κ2) is 5.04. The van der Waals surface area contributed by atoms with E-state index in [1.165, 1.54) is 0 Å². The van der Waals surface area contributed by atoms with Crippen molar-refractivity contribution in [1.29, 1.82) is 0 Å². The van der Waals surface area contributed by atoms with Crippen LogP contribution in [0.1, 0.15) is 6.92 Å². The number of benzene rings is 1. The highest BCUT2D eigenvalue weighted by Crippen LogP contribution is 2.09. The maximum absolute atomic E-state index is 5.54. The summed E-state index contributed by atoms with van der Waals surface area (Å²) in [7, 11) is 0. The van der Waals surface area contributed by atoms with E-state index in [0.29, 0.717) is 6.54 Å². The molecule has 0 radical (unpaired) electrons. The largest absolute Gasteiger partial charge is 0.399 e. The monoisotopic (exact) mass is 176 g/mol. The van der Waals surface area contributed by atoms with Gasteiger partial charge in [-0.1, -0.05) is 4.85 Å². The van der Waals surface area contributed by atoms with Crippen LogP contribution in [0.25, 0.3) is 4.85 Å². The second-order valence-electron chi connectivity index (χ2n) is 2.61. The van der Waals surface area contributed by atoms with Gasteiger partial charge in [-0.2, -0.15) is 0 Å². The Labute approximate surface area is 78.4 Å². The van der Waals surface area contributed by atoms with E-state index < -0.39 is 0 Å². The zero-order valence-corrected chi connectivity index (χ0v) is 7.75. The molecular weight excluding hydrogens is 162 g/mol. The number of hydrogen-bond acceptors (Lipinski definition) is 2. The number of rotatable bonds is 2. The molecule has 3 N–H and O–H groups in total. The van der Waals surface area contributed by atoms with E-state index in [0.717, 1.165) is 17.9 Å². The summed E-state index contributed by atoms with van der Waals surface area (Å²) in [6, 6.07) is 10.5. The van der Waals surface area contributed by atoms with Gasteiger partial charge < -0.3 is 11.1 Å². The van der Waals surface area contributed by atoms with Crippen LogP contribution in [0.15, 0.2) is 24.3 Å². The number of nitrogens with zero attached hydrogens (tertiary/aromatic N) is 1. The Balaban J connectivity index is 2.41. The quantitative estimate of drug-likeness (QED) is 0.535. The second-order valence-corrected chi connectivity index (χ2v) is 2.61. The van der Waals surface area contributed by atoms with E-state index >= 15 is 0 Å². The van der Waals surface area contributed by atoms with Gasteiger partial charge in [0.1, 0.15) is 6.54 Å². The maximum atomic E-state index is 5.54.